The van der Waals surface area contributed by atoms with Gasteiger partial charge in [0.2, 0.25) is 11.6 Å². The summed E-state index contributed by atoms with van der Waals surface area (Å²) >= 11 is 9.52. The van der Waals surface area contributed by atoms with E-state index in [4.69, 9.17) is 11.6 Å². The summed E-state index contributed by atoms with van der Waals surface area (Å²) in [5.41, 5.74) is 1.50. The zero-order valence-corrected chi connectivity index (χ0v) is 15.4. The number of imidazole rings is 1. The maximum atomic E-state index is 12.8. The minimum atomic E-state index is -0.478. The van der Waals surface area contributed by atoms with Gasteiger partial charge in [-0.15, -0.1) is 0 Å². The number of allylic oxidation sites excluding steroid dienone is 2. The molecule has 0 spiro atoms. The molecule has 6 nitrogen and oxygen atoms in total. The first-order valence-electron chi connectivity index (χ1n) is 7.57. The van der Waals surface area contributed by atoms with E-state index in [2.05, 4.69) is 36.2 Å². The van der Waals surface area contributed by atoms with E-state index in [-0.39, 0.29) is 22.1 Å². The number of benzene rings is 1. The van der Waals surface area contributed by atoms with Crippen molar-refractivity contribution in [3.05, 3.63) is 75.4 Å². The average Bonchev–Trinajstić information content (AvgIpc) is 3.11. The van der Waals surface area contributed by atoms with Crippen LogP contribution in [0.15, 0.2) is 64.0 Å². The number of fused-ring (bicyclic) bond motifs is 1. The van der Waals surface area contributed by atoms with Crippen molar-refractivity contribution in [3.63, 3.8) is 0 Å². The summed E-state index contributed by atoms with van der Waals surface area (Å²) in [6.07, 6.45) is 3.21. The van der Waals surface area contributed by atoms with Crippen molar-refractivity contribution >= 4 is 44.8 Å². The van der Waals surface area contributed by atoms with Crippen molar-refractivity contribution in [3.8, 4) is 11.4 Å². The Morgan fingerprint density at radius 2 is 1.69 bits per heavy atom. The lowest BCUT2D eigenvalue weighted by Gasteiger charge is -2.15. The molecule has 0 amide bonds. The Labute approximate surface area is 161 Å². The highest BCUT2D eigenvalue weighted by Gasteiger charge is 2.35. The SMILES string of the molecule is O=C1C(Nc2ccc(Br)cc2)=C(Cl)C(=O)c2[nH]c(-c3ccncc3)nc21. The number of aromatic nitrogens is 3. The maximum absolute atomic E-state index is 12.8. The highest BCUT2D eigenvalue weighted by atomic mass is 79.9. The summed E-state index contributed by atoms with van der Waals surface area (Å²) < 4.78 is 0.894. The largest absolute Gasteiger partial charge is 0.351 e. The van der Waals surface area contributed by atoms with E-state index in [9.17, 15) is 9.59 Å². The van der Waals surface area contributed by atoms with Gasteiger partial charge in [-0.25, -0.2) is 4.98 Å². The first kappa shape index (κ1) is 16.7. The van der Waals surface area contributed by atoms with Crippen LogP contribution in [-0.4, -0.2) is 26.5 Å². The third-order valence-corrected chi connectivity index (χ3v) is 4.75. The lowest BCUT2D eigenvalue weighted by Crippen LogP contribution is -2.24. The lowest BCUT2D eigenvalue weighted by molar-refractivity contribution is 0.0977. The van der Waals surface area contributed by atoms with Crippen LogP contribution in [0.5, 0.6) is 0 Å². The van der Waals surface area contributed by atoms with Gasteiger partial charge in [-0.2, -0.15) is 0 Å². The minimum Gasteiger partial charge on any atom is -0.351 e. The first-order chi connectivity index (χ1) is 12.5. The molecular weight excluding hydrogens is 420 g/mol. The fourth-order valence-electron chi connectivity index (χ4n) is 2.58. The van der Waals surface area contributed by atoms with Crippen LogP contribution in [0, 0.1) is 0 Å². The third kappa shape index (κ3) is 2.85. The van der Waals surface area contributed by atoms with Crippen LogP contribution in [0.3, 0.4) is 0 Å². The highest BCUT2D eigenvalue weighted by molar-refractivity contribution is 9.10. The molecule has 2 aromatic heterocycles. The average molecular weight is 430 g/mol. The normalized spacial score (nSPS) is 13.8. The first-order valence-corrected chi connectivity index (χ1v) is 8.74. The van der Waals surface area contributed by atoms with Gasteiger partial charge in [0.05, 0.1) is 0 Å². The summed E-state index contributed by atoms with van der Waals surface area (Å²) in [5, 5.41) is 2.75. The summed E-state index contributed by atoms with van der Waals surface area (Å²) in [4.78, 5) is 36.5. The van der Waals surface area contributed by atoms with Gasteiger partial charge in [0.25, 0.3) is 0 Å². The molecule has 0 saturated carbocycles. The molecular formula is C18H10BrClN4O2. The van der Waals surface area contributed by atoms with E-state index >= 15 is 0 Å². The van der Waals surface area contributed by atoms with Gasteiger partial charge < -0.3 is 10.3 Å². The molecule has 8 heteroatoms. The van der Waals surface area contributed by atoms with Gasteiger partial charge in [-0.05, 0) is 36.4 Å². The summed E-state index contributed by atoms with van der Waals surface area (Å²) in [5.74, 6) is -0.508. The second-order valence-electron chi connectivity index (χ2n) is 5.52. The number of hydrogen-bond donors (Lipinski definition) is 2. The van der Waals surface area contributed by atoms with Gasteiger partial charge in [0, 0.05) is 28.1 Å². The number of nitrogens with zero attached hydrogens (tertiary/aromatic N) is 2. The Morgan fingerprint density at radius 1 is 1.00 bits per heavy atom. The predicted octanol–water partition coefficient (Wildman–Crippen LogP) is 4.18. The van der Waals surface area contributed by atoms with Crippen LogP contribution in [0.2, 0.25) is 0 Å². The predicted molar refractivity (Wildman–Crippen MR) is 101 cm³/mol. The number of rotatable bonds is 3. The Morgan fingerprint density at radius 3 is 2.38 bits per heavy atom. The molecule has 3 aromatic rings. The Balaban J connectivity index is 1.73. The molecule has 1 aliphatic carbocycles. The molecule has 0 aliphatic heterocycles. The molecule has 0 unspecified atom stereocenters. The van der Waals surface area contributed by atoms with E-state index < -0.39 is 11.6 Å². The lowest BCUT2D eigenvalue weighted by atomic mass is 10.0. The van der Waals surface area contributed by atoms with Crippen LogP contribution >= 0.6 is 27.5 Å². The number of halogens is 2. The molecule has 4 rings (SSSR count). The minimum absolute atomic E-state index is 0.0132. The molecule has 128 valence electrons. The van der Waals surface area contributed by atoms with Gasteiger partial charge in [0.1, 0.15) is 27.9 Å². The maximum Gasteiger partial charge on any atom is 0.231 e. The van der Waals surface area contributed by atoms with E-state index in [1.807, 2.05) is 12.1 Å². The molecule has 1 aliphatic rings. The zero-order valence-electron chi connectivity index (χ0n) is 13.1. The zero-order chi connectivity index (χ0) is 18.3. The number of nitrogens with one attached hydrogen (secondary N) is 2. The molecule has 2 heterocycles. The Kier molecular flexibility index (Phi) is 4.18. The van der Waals surface area contributed by atoms with Crippen LogP contribution in [-0.2, 0) is 0 Å². The Hall–Kier alpha value is -2.77. The van der Waals surface area contributed by atoms with E-state index in [0.717, 1.165) is 4.47 Å². The number of pyridine rings is 1. The molecule has 0 radical (unpaired) electrons. The summed E-state index contributed by atoms with van der Waals surface area (Å²) in [7, 11) is 0. The number of anilines is 1. The van der Waals surface area contributed by atoms with Crippen molar-refractivity contribution in [2.75, 3.05) is 5.32 Å². The molecule has 0 bridgehead atoms. The number of carbonyl (C=O) groups is 2. The van der Waals surface area contributed by atoms with Crippen molar-refractivity contribution in [1.82, 2.24) is 15.0 Å². The van der Waals surface area contributed by atoms with Crippen LogP contribution < -0.4 is 5.32 Å². The second kappa shape index (κ2) is 6.51. The number of ketones is 2. The third-order valence-electron chi connectivity index (χ3n) is 3.86. The molecule has 0 saturated heterocycles. The number of Topliss-reactive ketones (excluding diaryl/α,β-unsaturated/α-hetero) is 2. The molecule has 26 heavy (non-hydrogen) atoms. The van der Waals surface area contributed by atoms with E-state index in [1.54, 1.807) is 36.7 Å². The fraction of sp³-hybridized carbons (Fsp3) is 0. The smallest absolute Gasteiger partial charge is 0.231 e. The quantitative estimate of drug-likeness (QED) is 0.652. The van der Waals surface area contributed by atoms with Gasteiger partial charge in [0.15, 0.2) is 0 Å². The number of aromatic amines is 1. The molecule has 2 N–H and O–H groups in total. The topological polar surface area (TPSA) is 87.7 Å². The second-order valence-corrected chi connectivity index (χ2v) is 6.82. The summed E-state index contributed by atoms with van der Waals surface area (Å²) in [6.45, 7) is 0. The fourth-order valence-corrected chi connectivity index (χ4v) is 3.07. The molecule has 1 aromatic carbocycles. The standard InChI is InChI=1S/C18H10BrClN4O2/c19-10-1-3-11(4-2-10)22-13-12(20)16(25)14-15(17(13)26)24-18(23-14)9-5-7-21-8-6-9/h1-8,22H,(H,23,24). The van der Waals surface area contributed by atoms with Crippen molar-refractivity contribution in [2.45, 2.75) is 0 Å². The molecule has 0 fully saturated rings. The Bertz CT molecular complexity index is 1060. The van der Waals surface area contributed by atoms with Gasteiger partial charge in [-0.3, -0.25) is 14.6 Å². The molecule has 0 atom stereocenters. The van der Waals surface area contributed by atoms with Gasteiger partial charge in [-0.1, -0.05) is 27.5 Å². The van der Waals surface area contributed by atoms with Gasteiger partial charge >= 0.3 is 0 Å². The monoisotopic (exact) mass is 428 g/mol. The van der Waals surface area contributed by atoms with Crippen molar-refractivity contribution < 1.29 is 9.59 Å². The van der Waals surface area contributed by atoms with E-state index in [1.165, 1.54) is 0 Å². The van der Waals surface area contributed by atoms with Crippen LogP contribution in [0.1, 0.15) is 21.0 Å². The highest BCUT2D eigenvalue weighted by Crippen LogP contribution is 2.30. The van der Waals surface area contributed by atoms with Crippen molar-refractivity contribution in [1.29, 1.82) is 0 Å². The van der Waals surface area contributed by atoms with Crippen LogP contribution in [0.4, 0.5) is 5.69 Å². The number of carbonyl (C=O) groups excluding carboxylic acids is 2. The van der Waals surface area contributed by atoms with Crippen LogP contribution in [0.25, 0.3) is 11.4 Å². The summed E-state index contributed by atoms with van der Waals surface area (Å²) in [6, 6.07) is 10.6. The number of H-pyrrole nitrogens is 1. The van der Waals surface area contributed by atoms with E-state index in [0.29, 0.717) is 17.1 Å². The number of hydrogen-bond acceptors (Lipinski definition) is 5. The van der Waals surface area contributed by atoms with Crippen molar-refractivity contribution in [2.24, 2.45) is 0 Å².